The third-order valence-electron chi connectivity index (χ3n) is 8.46. The quantitative estimate of drug-likeness (QED) is 0.225. The fourth-order valence-electron chi connectivity index (χ4n) is 6.37. The van der Waals surface area contributed by atoms with Gasteiger partial charge in [0, 0.05) is 35.8 Å². The maximum absolute atomic E-state index is 16.5. The second-order valence-electron chi connectivity index (χ2n) is 12.7. The van der Waals surface area contributed by atoms with Crippen LogP contribution < -0.4 is 20.5 Å². The maximum atomic E-state index is 16.5. The van der Waals surface area contributed by atoms with Crippen molar-refractivity contribution in [2.45, 2.75) is 64.4 Å². The topological polar surface area (TPSA) is 118 Å². The Morgan fingerprint density at radius 2 is 1.85 bits per heavy atom. The number of halogens is 3. The molecule has 0 aromatic heterocycles. The van der Waals surface area contributed by atoms with E-state index in [1.54, 1.807) is 0 Å². The van der Waals surface area contributed by atoms with Crippen molar-refractivity contribution in [2.24, 2.45) is 11.1 Å². The van der Waals surface area contributed by atoms with E-state index in [1.165, 1.54) is 19.2 Å². The van der Waals surface area contributed by atoms with E-state index in [1.807, 2.05) is 51.1 Å². The van der Waals surface area contributed by atoms with Crippen LogP contribution in [0, 0.1) is 17.0 Å². The fraction of sp³-hybridized carbons (Fsp3) is 0.429. The number of carbonyl (C=O) groups is 2. The van der Waals surface area contributed by atoms with Crippen molar-refractivity contribution in [2.75, 3.05) is 26.9 Å². The number of fused-ring (bicyclic) bond motifs is 1. The van der Waals surface area contributed by atoms with E-state index in [9.17, 15) is 9.59 Å². The van der Waals surface area contributed by atoms with Gasteiger partial charge in [0.15, 0.2) is 23.5 Å². The van der Waals surface area contributed by atoms with Gasteiger partial charge in [-0.25, -0.2) is 13.6 Å². The smallest absolute Gasteiger partial charge is 0.407 e. The molecular weight excluding hydrogens is 634 g/mol. The highest BCUT2D eigenvalue weighted by molar-refractivity contribution is 6.34. The SMILES string of the molecule is COC(=O)NC(C(C)(C)C)C1(c2ccccc2)Cc2c(cc(F)c(Cl)c2-c2c(C(N)=O)ccc(OCCOC3CCCCO3)c2F)O1. The molecule has 0 aliphatic carbocycles. The summed E-state index contributed by atoms with van der Waals surface area (Å²) < 4.78 is 60.8. The number of rotatable bonds is 10. The molecule has 2 aliphatic rings. The maximum Gasteiger partial charge on any atom is 0.407 e. The van der Waals surface area contributed by atoms with Crippen molar-refractivity contribution < 1.29 is 42.1 Å². The average Bonchev–Trinajstić information content (AvgIpc) is 3.43. The summed E-state index contributed by atoms with van der Waals surface area (Å²) in [4.78, 5) is 25.4. The summed E-state index contributed by atoms with van der Waals surface area (Å²) in [6, 6.07) is 12.1. The first kappa shape index (κ1) is 34.4. The Bertz CT molecular complexity index is 1630. The molecule has 0 radical (unpaired) electrons. The number of methoxy groups -OCH3 is 1. The van der Waals surface area contributed by atoms with Crippen molar-refractivity contribution in [1.29, 1.82) is 0 Å². The van der Waals surface area contributed by atoms with Crippen molar-refractivity contribution in [3.05, 3.63) is 81.9 Å². The van der Waals surface area contributed by atoms with Crippen LogP contribution in [0.2, 0.25) is 5.02 Å². The number of hydrogen-bond acceptors (Lipinski definition) is 7. The first-order valence-electron chi connectivity index (χ1n) is 15.5. The molecule has 0 bridgehead atoms. The van der Waals surface area contributed by atoms with Crippen LogP contribution in [0.1, 0.15) is 61.5 Å². The Kier molecular flexibility index (Phi) is 10.3. The normalized spacial score (nSPS) is 19.8. The average molecular weight is 673 g/mol. The van der Waals surface area contributed by atoms with Gasteiger partial charge in [0.2, 0.25) is 5.91 Å². The summed E-state index contributed by atoms with van der Waals surface area (Å²) in [5.41, 5.74) is 4.06. The third-order valence-corrected chi connectivity index (χ3v) is 8.83. The zero-order chi connectivity index (χ0) is 33.9. The van der Waals surface area contributed by atoms with Gasteiger partial charge >= 0.3 is 6.09 Å². The number of primary amides is 1. The van der Waals surface area contributed by atoms with Crippen LogP contribution in [0.25, 0.3) is 11.1 Å². The number of alkyl carbamates (subject to hydrolysis) is 1. The number of nitrogens with one attached hydrogen (secondary N) is 1. The standard InChI is InChI=1S/C35H39ClF2N2O7/c1-34(2,3)32(40-33(42)43-4)35(20-10-6-5-7-11-20)19-22-25(47-35)18-23(37)29(36)27(22)28-21(31(39)41)13-14-24(30(28)38)44-16-17-46-26-12-8-9-15-45-26/h5-7,10-11,13-14,18,26,32H,8-9,12,15-17,19H2,1-4H3,(H2,39,41)(H,40,42). The Morgan fingerprint density at radius 1 is 1.11 bits per heavy atom. The van der Waals surface area contributed by atoms with E-state index < -0.39 is 45.7 Å². The number of nitrogens with two attached hydrogens (primary N) is 1. The van der Waals surface area contributed by atoms with Crippen LogP contribution in [0.5, 0.6) is 11.5 Å². The molecule has 9 nitrogen and oxygen atoms in total. The molecule has 2 heterocycles. The first-order chi connectivity index (χ1) is 22.4. The highest BCUT2D eigenvalue weighted by atomic mass is 35.5. The summed E-state index contributed by atoms with van der Waals surface area (Å²) in [7, 11) is 1.25. The van der Waals surface area contributed by atoms with E-state index >= 15 is 8.78 Å². The van der Waals surface area contributed by atoms with Gasteiger partial charge in [-0.2, -0.15) is 0 Å². The summed E-state index contributed by atoms with van der Waals surface area (Å²) in [5, 5.41) is 2.48. The van der Waals surface area contributed by atoms with E-state index in [-0.39, 0.29) is 54.1 Å². The Hall–Kier alpha value is -3.93. The number of benzene rings is 3. The number of amides is 2. The largest absolute Gasteiger partial charge is 0.488 e. The Balaban J connectivity index is 1.61. The van der Waals surface area contributed by atoms with Crippen molar-refractivity contribution in [1.82, 2.24) is 5.32 Å². The van der Waals surface area contributed by atoms with Crippen molar-refractivity contribution in [3.8, 4) is 22.6 Å². The lowest BCUT2D eigenvalue weighted by Crippen LogP contribution is -2.59. The molecule has 3 atom stereocenters. The van der Waals surface area contributed by atoms with Crippen molar-refractivity contribution >= 4 is 23.6 Å². The molecule has 5 rings (SSSR count). The molecular formula is C35H39ClF2N2O7. The lowest BCUT2D eigenvalue weighted by atomic mass is 9.70. The van der Waals surface area contributed by atoms with Crippen molar-refractivity contribution in [3.63, 3.8) is 0 Å². The Labute approximate surface area is 277 Å². The molecule has 3 aromatic carbocycles. The van der Waals surface area contributed by atoms with E-state index in [0.717, 1.165) is 25.3 Å². The summed E-state index contributed by atoms with van der Waals surface area (Å²) in [5.74, 6) is -2.96. The van der Waals surface area contributed by atoms with E-state index in [0.29, 0.717) is 17.7 Å². The zero-order valence-electron chi connectivity index (χ0n) is 26.8. The van der Waals surface area contributed by atoms with Crippen LogP contribution in [-0.2, 0) is 26.2 Å². The zero-order valence-corrected chi connectivity index (χ0v) is 27.5. The van der Waals surface area contributed by atoms with Crippen LogP contribution >= 0.6 is 11.6 Å². The molecule has 12 heteroatoms. The van der Waals surface area contributed by atoms with Gasteiger partial charge in [-0.1, -0.05) is 62.7 Å². The molecule has 1 fully saturated rings. The van der Waals surface area contributed by atoms with Crippen LogP contribution in [-0.4, -0.2) is 51.3 Å². The van der Waals surface area contributed by atoms with E-state index in [2.05, 4.69) is 5.32 Å². The van der Waals surface area contributed by atoms with Gasteiger partial charge in [-0.3, -0.25) is 4.79 Å². The molecule has 47 heavy (non-hydrogen) atoms. The predicted molar refractivity (Wildman–Crippen MR) is 172 cm³/mol. The molecule has 252 valence electrons. The monoisotopic (exact) mass is 672 g/mol. The first-order valence-corrected chi connectivity index (χ1v) is 15.8. The second kappa shape index (κ2) is 14.0. The third kappa shape index (κ3) is 7.02. The van der Waals surface area contributed by atoms with Crippen LogP contribution in [0.15, 0.2) is 48.5 Å². The molecule has 1 saturated heterocycles. The molecule has 0 spiro atoms. The molecule has 3 aromatic rings. The lowest BCUT2D eigenvalue weighted by molar-refractivity contribution is -0.165. The summed E-state index contributed by atoms with van der Waals surface area (Å²) in [6.07, 6.45) is 1.67. The number of ether oxygens (including phenoxy) is 5. The highest BCUT2D eigenvalue weighted by Crippen LogP contribution is 2.53. The minimum absolute atomic E-state index is 0.00552. The minimum atomic E-state index is -1.34. The summed E-state index contributed by atoms with van der Waals surface area (Å²) >= 11 is 6.63. The molecule has 2 amide bonds. The Morgan fingerprint density at radius 3 is 2.49 bits per heavy atom. The van der Waals surface area contributed by atoms with Gasteiger partial charge in [-0.05, 0) is 42.4 Å². The summed E-state index contributed by atoms with van der Waals surface area (Å²) in [6.45, 7) is 6.45. The minimum Gasteiger partial charge on any atom is -0.488 e. The second-order valence-corrected chi connectivity index (χ2v) is 13.1. The van der Waals surface area contributed by atoms with Gasteiger partial charge in [-0.15, -0.1) is 0 Å². The van der Waals surface area contributed by atoms with Gasteiger partial charge < -0.3 is 34.7 Å². The van der Waals surface area contributed by atoms with Gasteiger partial charge in [0.05, 0.1) is 30.3 Å². The molecule has 3 unspecified atom stereocenters. The number of hydrogen-bond donors (Lipinski definition) is 2. The van der Waals surface area contributed by atoms with Crippen LogP contribution in [0.4, 0.5) is 13.6 Å². The fourth-order valence-corrected chi connectivity index (χ4v) is 6.64. The van der Waals surface area contributed by atoms with Gasteiger partial charge in [0.25, 0.3) is 0 Å². The van der Waals surface area contributed by atoms with Gasteiger partial charge in [0.1, 0.15) is 18.2 Å². The number of carbonyl (C=O) groups excluding carboxylic acids is 2. The predicted octanol–water partition coefficient (Wildman–Crippen LogP) is 6.91. The molecule has 2 aliphatic heterocycles. The lowest BCUT2D eigenvalue weighted by Gasteiger charge is -2.44. The van der Waals surface area contributed by atoms with E-state index in [4.69, 9.17) is 41.0 Å². The van der Waals surface area contributed by atoms with Crippen LogP contribution in [0.3, 0.4) is 0 Å². The molecule has 0 saturated carbocycles. The highest BCUT2D eigenvalue weighted by Gasteiger charge is 2.54. The molecule has 3 N–H and O–H groups in total.